The van der Waals surface area contributed by atoms with Crippen molar-refractivity contribution in [1.82, 2.24) is 5.32 Å². The van der Waals surface area contributed by atoms with Gasteiger partial charge in [-0.3, -0.25) is 9.59 Å². The third-order valence-electron chi connectivity index (χ3n) is 14.2. The van der Waals surface area contributed by atoms with Crippen molar-refractivity contribution in [3.8, 4) is 11.8 Å². The van der Waals surface area contributed by atoms with E-state index in [1.165, 1.54) is 55.5 Å². The van der Waals surface area contributed by atoms with E-state index in [0.29, 0.717) is 25.9 Å². The Morgan fingerprint density at radius 3 is 1.96 bits per heavy atom. The molecule has 0 saturated heterocycles. The third kappa shape index (κ3) is 12.7. The van der Waals surface area contributed by atoms with E-state index in [0.717, 1.165) is 67.4 Å². The molecule has 0 unspecified atom stereocenters. The van der Waals surface area contributed by atoms with Gasteiger partial charge in [0, 0.05) is 71.6 Å². The van der Waals surface area contributed by atoms with Gasteiger partial charge in [0.15, 0.2) is 5.71 Å². The van der Waals surface area contributed by atoms with E-state index in [4.69, 9.17) is 0 Å². The van der Waals surface area contributed by atoms with E-state index in [2.05, 4.69) is 171 Å². The molecule has 3 aliphatic rings. The Labute approximate surface area is 430 Å². The summed E-state index contributed by atoms with van der Waals surface area (Å²) in [6.45, 7) is 11.4. The summed E-state index contributed by atoms with van der Waals surface area (Å²) in [7, 11) is -8.47. The van der Waals surface area contributed by atoms with Crippen LogP contribution in [-0.2, 0) is 27.0 Å². The summed E-state index contributed by atoms with van der Waals surface area (Å²) in [5.74, 6) is 6.78. The number of carbonyl (C=O) groups excluding carboxylic acids is 2. The number of rotatable bonds is 15. The molecule has 0 radical (unpaired) electrons. The van der Waals surface area contributed by atoms with Gasteiger partial charge < -0.3 is 15.1 Å². The predicted molar refractivity (Wildman–Crippen MR) is 292 cm³/mol. The van der Waals surface area contributed by atoms with Crippen LogP contribution in [0.5, 0.6) is 0 Å². The molecule has 2 amide bonds. The maximum absolute atomic E-state index is 13.6. The number of nitrogens with zero attached hydrogens (tertiary/aromatic N) is 3. The van der Waals surface area contributed by atoms with E-state index in [9.17, 15) is 34.8 Å². The van der Waals surface area contributed by atoms with Crippen LogP contribution >= 0.6 is 7.81 Å². The van der Waals surface area contributed by atoms with Crippen LogP contribution in [0.1, 0.15) is 107 Å². The first-order valence-electron chi connectivity index (χ1n) is 25.3. The summed E-state index contributed by atoms with van der Waals surface area (Å²) < 4.78 is 61.5. The molecule has 0 aromatic heterocycles. The number of unbranched alkanes of at least 4 members (excludes halogenated alkanes) is 4. The number of fused-ring (bicyclic) bond motifs is 8. The first-order valence-corrected chi connectivity index (χ1v) is 27.3. The molecular formula is C61H63F6N4O2P. The Morgan fingerprint density at radius 2 is 1.23 bits per heavy atom. The zero-order chi connectivity index (χ0) is 53.0. The van der Waals surface area contributed by atoms with Crippen LogP contribution in [0.4, 0.5) is 42.2 Å². The van der Waals surface area contributed by atoms with Gasteiger partial charge in [-0.05, 0) is 109 Å². The van der Waals surface area contributed by atoms with Gasteiger partial charge >= 0.3 is 33.0 Å². The number of hydrogen-bond acceptors (Lipinski definition) is 3. The topological polar surface area (TPSA) is 55.7 Å². The first kappa shape index (κ1) is 53.3. The van der Waals surface area contributed by atoms with Crippen LogP contribution in [0.25, 0.3) is 21.5 Å². The number of allylic oxidation sites excluding steroid dienone is 6. The number of para-hydroxylation sites is 1. The number of nitrogens with one attached hydrogen (secondary N) is 1. The number of halogens is 6. The van der Waals surface area contributed by atoms with Crippen molar-refractivity contribution in [1.29, 1.82) is 0 Å². The monoisotopic (exact) mass is 1030 g/mol. The Kier molecular flexibility index (Phi) is 15.0. The molecule has 3 aliphatic heterocycles. The van der Waals surface area contributed by atoms with Crippen molar-refractivity contribution >= 4 is 63.9 Å². The molecule has 6 aromatic rings. The number of anilines is 2. The normalized spacial score (nSPS) is 16.9. The van der Waals surface area contributed by atoms with Crippen molar-refractivity contribution in [3.63, 3.8) is 0 Å². The zero-order valence-corrected chi connectivity index (χ0v) is 43.5. The molecule has 9 rings (SSSR count). The Hall–Kier alpha value is -6.96. The Morgan fingerprint density at radius 1 is 0.635 bits per heavy atom. The van der Waals surface area contributed by atoms with Crippen LogP contribution in [-0.4, -0.2) is 42.2 Å². The molecule has 0 bridgehead atoms. The van der Waals surface area contributed by atoms with Crippen LogP contribution in [0, 0.1) is 11.8 Å². The van der Waals surface area contributed by atoms with E-state index < -0.39 is 7.81 Å². The third-order valence-corrected chi connectivity index (χ3v) is 14.2. The number of carbonyl (C=O) groups is 2. The SMILES string of the molecule is C[N+]1=C(C=CC=CC=C2N(CCCCCC(=O)NCCCCCC(=O)N3Cc4ccccc4C#Cc4ccccc43)c3ccc4ccccc4c3C2(C)C)C(C)(C)c2c1ccc1ccccc21.F[P-](F)(F)(F)(F)F. The predicted octanol–water partition coefficient (Wildman–Crippen LogP) is 16.4. The maximum atomic E-state index is 13.6. The second-order valence-electron chi connectivity index (χ2n) is 20.3. The fraction of sp³-hybridized carbons (Fsp3) is 0.295. The van der Waals surface area contributed by atoms with Crippen molar-refractivity contribution in [3.05, 3.63) is 185 Å². The standard InChI is InChI=1S/C61H62N4O2.F6P/c1-60(2)54(63(5)52-39-37-45-24-15-18-28-49(45)58(52)60)31-9-6-10-32-55-61(3,4)59-50-29-19-16-25-46(50)38-40-53(59)64(55)42-22-8-11-33-56(66)62-41-21-7-12-34-57(67)65-43-48-27-14-13-23-44(48)35-36-47-26-17-20-30-51(47)65;1-7(2,3,4,5)6/h6,9-10,13-20,23-32,37-40H,7-8,11-12,21-22,33-34,41-43H2,1-5H3;/q;-1/p+1. The van der Waals surface area contributed by atoms with E-state index in [1.54, 1.807) is 0 Å². The van der Waals surface area contributed by atoms with Crippen molar-refractivity contribution in [2.45, 2.75) is 96.4 Å². The van der Waals surface area contributed by atoms with Gasteiger partial charge in [0.2, 0.25) is 17.5 Å². The molecule has 0 fully saturated rings. The number of amides is 2. The molecule has 3 heterocycles. The second kappa shape index (κ2) is 20.7. The molecule has 6 aromatic carbocycles. The quantitative estimate of drug-likeness (QED) is 0.0278. The summed E-state index contributed by atoms with van der Waals surface area (Å²) >= 11 is 0. The minimum atomic E-state index is -10.7. The molecule has 13 heteroatoms. The van der Waals surface area contributed by atoms with E-state index in [1.807, 2.05) is 47.4 Å². The Bertz CT molecular complexity index is 3320. The van der Waals surface area contributed by atoms with E-state index in [-0.39, 0.29) is 22.6 Å². The fourth-order valence-corrected chi connectivity index (χ4v) is 10.8. The molecule has 386 valence electrons. The zero-order valence-electron chi connectivity index (χ0n) is 42.6. The summed E-state index contributed by atoms with van der Waals surface area (Å²) in [6.07, 6.45) is 17.4. The van der Waals surface area contributed by atoms with Gasteiger partial charge in [-0.1, -0.05) is 142 Å². The Balaban J connectivity index is 0.000000972. The first-order chi connectivity index (χ1) is 35.0. The van der Waals surface area contributed by atoms with Crippen LogP contribution in [0.15, 0.2) is 157 Å². The van der Waals surface area contributed by atoms with Crippen molar-refractivity contribution in [2.75, 3.05) is 29.9 Å². The summed E-state index contributed by atoms with van der Waals surface area (Å²) in [6, 6.07) is 42.5. The van der Waals surface area contributed by atoms with Gasteiger partial charge in [-0.15, -0.1) is 0 Å². The molecule has 74 heavy (non-hydrogen) atoms. The van der Waals surface area contributed by atoms with E-state index >= 15 is 0 Å². The molecule has 1 N–H and O–H groups in total. The molecule has 0 spiro atoms. The molecule has 6 nitrogen and oxygen atoms in total. The van der Waals surface area contributed by atoms with Crippen LogP contribution < -0.4 is 15.1 Å². The average Bonchev–Trinajstić information content (AvgIpc) is 3.69. The summed E-state index contributed by atoms with van der Waals surface area (Å²) in [4.78, 5) is 30.9. The minimum absolute atomic E-state index is 0.104. The van der Waals surface area contributed by atoms with Gasteiger partial charge in [-0.2, -0.15) is 4.58 Å². The van der Waals surface area contributed by atoms with Crippen LogP contribution in [0.3, 0.4) is 0 Å². The number of hydrogen-bond donors (Lipinski definition) is 1. The van der Waals surface area contributed by atoms with Crippen molar-refractivity contribution in [2.24, 2.45) is 0 Å². The molecule has 0 atom stereocenters. The van der Waals surface area contributed by atoms with Gasteiger partial charge in [0.1, 0.15) is 7.05 Å². The summed E-state index contributed by atoms with van der Waals surface area (Å²) in [5.41, 5.74) is 11.3. The molecular weight excluding hydrogens is 966 g/mol. The van der Waals surface area contributed by atoms with Gasteiger partial charge in [-0.25, -0.2) is 0 Å². The second-order valence-corrected chi connectivity index (χ2v) is 22.3. The van der Waals surface area contributed by atoms with Gasteiger partial charge in [0.25, 0.3) is 0 Å². The molecule has 0 saturated carbocycles. The molecule has 0 aliphatic carbocycles. The van der Waals surface area contributed by atoms with Crippen LogP contribution in [0.2, 0.25) is 0 Å². The number of benzene rings is 6. The average molecular weight is 1030 g/mol. The van der Waals surface area contributed by atoms with Crippen molar-refractivity contribution < 1.29 is 39.3 Å². The fourth-order valence-electron chi connectivity index (χ4n) is 10.8. The summed E-state index contributed by atoms with van der Waals surface area (Å²) in [5, 5.41) is 8.31. The van der Waals surface area contributed by atoms with Gasteiger partial charge in [0.05, 0.1) is 17.6 Å².